The Balaban J connectivity index is 2.57. The van der Waals surface area contributed by atoms with Crippen LogP contribution in [0.15, 0.2) is 22.7 Å². The molecule has 0 fully saturated rings. The number of rotatable bonds is 2. The zero-order valence-corrected chi connectivity index (χ0v) is 12.1. The SMILES string of the molecule is CC(C)c1nc(-c2ccc(Br)c(F)c2)c(N)n1C. The molecule has 0 aliphatic carbocycles. The molecular weight excluding hydrogens is 297 g/mol. The van der Waals surface area contributed by atoms with Gasteiger partial charge in [0.2, 0.25) is 0 Å². The molecule has 0 aliphatic rings. The van der Waals surface area contributed by atoms with Crippen LogP contribution in [-0.4, -0.2) is 9.55 Å². The zero-order valence-electron chi connectivity index (χ0n) is 10.5. The Morgan fingerprint density at radius 2 is 2.06 bits per heavy atom. The van der Waals surface area contributed by atoms with Crippen LogP contribution >= 0.6 is 15.9 Å². The molecule has 0 atom stereocenters. The fraction of sp³-hybridized carbons (Fsp3) is 0.308. The van der Waals surface area contributed by atoms with Crippen molar-refractivity contribution < 1.29 is 4.39 Å². The molecule has 1 aromatic carbocycles. The van der Waals surface area contributed by atoms with Crippen molar-refractivity contribution in [2.75, 3.05) is 5.73 Å². The maximum atomic E-state index is 13.5. The lowest BCUT2D eigenvalue weighted by Gasteiger charge is -2.04. The fourth-order valence-electron chi connectivity index (χ4n) is 1.90. The smallest absolute Gasteiger partial charge is 0.138 e. The van der Waals surface area contributed by atoms with E-state index in [1.807, 2.05) is 25.5 Å². The Labute approximate surface area is 114 Å². The highest BCUT2D eigenvalue weighted by Crippen LogP contribution is 2.30. The lowest BCUT2D eigenvalue weighted by atomic mass is 10.1. The van der Waals surface area contributed by atoms with Crippen LogP contribution in [0, 0.1) is 5.82 Å². The number of imidazole rings is 1. The predicted molar refractivity (Wildman–Crippen MR) is 74.8 cm³/mol. The summed E-state index contributed by atoms with van der Waals surface area (Å²) in [6.07, 6.45) is 0. The number of nitrogens with two attached hydrogens (primary N) is 1. The number of anilines is 1. The van der Waals surface area contributed by atoms with Gasteiger partial charge in [-0.1, -0.05) is 19.9 Å². The maximum absolute atomic E-state index is 13.5. The molecule has 1 aromatic heterocycles. The first-order chi connectivity index (χ1) is 8.41. The van der Waals surface area contributed by atoms with Gasteiger partial charge in [-0.2, -0.15) is 0 Å². The van der Waals surface area contributed by atoms with Crippen molar-refractivity contribution in [1.29, 1.82) is 0 Å². The summed E-state index contributed by atoms with van der Waals surface area (Å²) in [5, 5.41) is 0. The van der Waals surface area contributed by atoms with Crippen LogP contribution in [0.1, 0.15) is 25.6 Å². The second kappa shape index (κ2) is 4.72. The monoisotopic (exact) mass is 311 g/mol. The molecule has 18 heavy (non-hydrogen) atoms. The van der Waals surface area contributed by atoms with Gasteiger partial charge in [0.15, 0.2) is 0 Å². The Hall–Kier alpha value is -1.36. The van der Waals surface area contributed by atoms with Crippen LogP contribution in [-0.2, 0) is 7.05 Å². The maximum Gasteiger partial charge on any atom is 0.138 e. The second-order valence-electron chi connectivity index (χ2n) is 4.55. The fourth-order valence-corrected chi connectivity index (χ4v) is 2.15. The van der Waals surface area contributed by atoms with Gasteiger partial charge in [-0.05, 0) is 28.1 Å². The average molecular weight is 312 g/mol. The van der Waals surface area contributed by atoms with Gasteiger partial charge in [-0.3, -0.25) is 0 Å². The summed E-state index contributed by atoms with van der Waals surface area (Å²) in [4.78, 5) is 4.51. The van der Waals surface area contributed by atoms with Gasteiger partial charge < -0.3 is 10.3 Å². The largest absolute Gasteiger partial charge is 0.383 e. The van der Waals surface area contributed by atoms with E-state index in [9.17, 15) is 4.39 Å². The van der Waals surface area contributed by atoms with Crippen LogP contribution in [0.25, 0.3) is 11.3 Å². The third-order valence-electron chi connectivity index (χ3n) is 2.88. The lowest BCUT2D eigenvalue weighted by molar-refractivity contribution is 0.621. The lowest BCUT2D eigenvalue weighted by Crippen LogP contribution is -2.02. The third kappa shape index (κ3) is 2.14. The van der Waals surface area contributed by atoms with Gasteiger partial charge in [-0.25, -0.2) is 9.37 Å². The van der Waals surface area contributed by atoms with E-state index in [0.29, 0.717) is 21.5 Å². The molecule has 1 heterocycles. The van der Waals surface area contributed by atoms with E-state index in [2.05, 4.69) is 20.9 Å². The molecule has 2 N–H and O–H groups in total. The van der Waals surface area contributed by atoms with Gasteiger partial charge in [0.25, 0.3) is 0 Å². The summed E-state index contributed by atoms with van der Waals surface area (Å²) in [5.74, 6) is 1.40. The molecule has 0 bridgehead atoms. The van der Waals surface area contributed by atoms with Crippen molar-refractivity contribution in [1.82, 2.24) is 9.55 Å². The molecule has 0 aliphatic heterocycles. The third-order valence-corrected chi connectivity index (χ3v) is 3.53. The molecule has 96 valence electrons. The van der Waals surface area contributed by atoms with Gasteiger partial charge in [0.05, 0.1) is 4.47 Å². The summed E-state index contributed by atoms with van der Waals surface area (Å²) >= 11 is 3.13. The van der Waals surface area contributed by atoms with Crippen molar-refractivity contribution in [3.05, 3.63) is 34.3 Å². The first kappa shape index (κ1) is 13.1. The summed E-state index contributed by atoms with van der Waals surface area (Å²) in [6, 6.07) is 4.90. The number of nitrogen functional groups attached to an aromatic ring is 1. The van der Waals surface area contributed by atoms with Crippen LogP contribution in [0.4, 0.5) is 10.2 Å². The molecule has 0 saturated heterocycles. The molecule has 0 unspecified atom stereocenters. The molecule has 0 spiro atoms. The van der Waals surface area contributed by atoms with Crippen LogP contribution in [0.5, 0.6) is 0 Å². The molecule has 2 rings (SSSR count). The molecule has 0 radical (unpaired) electrons. The highest BCUT2D eigenvalue weighted by molar-refractivity contribution is 9.10. The number of hydrogen-bond donors (Lipinski definition) is 1. The highest BCUT2D eigenvalue weighted by atomic mass is 79.9. The minimum absolute atomic E-state index is 0.270. The summed E-state index contributed by atoms with van der Waals surface area (Å²) in [5.41, 5.74) is 7.35. The summed E-state index contributed by atoms with van der Waals surface area (Å²) in [7, 11) is 1.87. The van der Waals surface area contributed by atoms with E-state index in [1.54, 1.807) is 12.1 Å². The molecular formula is C13H15BrFN3. The van der Waals surface area contributed by atoms with Gasteiger partial charge in [0, 0.05) is 18.5 Å². The van der Waals surface area contributed by atoms with Gasteiger partial charge in [0.1, 0.15) is 23.2 Å². The van der Waals surface area contributed by atoms with Crippen LogP contribution < -0.4 is 5.73 Å². The Morgan fingerprint density at radius 1 is 1.39 bits per heavy atom. The van der Waals surface area contributed by atoms with E-state index in [1.165, 1.54) is 6.07 Å². The van der Waals surface area contributed by atoms with E-state index < -0.39 is 0 Å². The Kier molecular flexibility index (Phi) is 3.43. The number of benzene rings is 1. The van der Waals surface area contributed by atoms with E-state index >= 15 is 0 Å². The van der Waals surface area contributed by atoms with Crippen LogP contribution in [0.3, 0.4) is 0 Å². The number of halogens is 2. The van der Waals surface area contributed by atoms with Crippen molar-refractivity contribution in [3.63, 3.8) is 0 Å². The molecule has 0 saturated carbocycles. The minimum Gasteiger partial charge on any atom is -0.383 e. The highest BCUT2D eigenvalue weighted by Gasteiger charge is 2.16. The molecule has 0 amide bonds. The first-order valence-corrected chi connectivity index (χ1v) is 6.48. The van der Waals surface area contributed by atoms with Crippen molar-refractivity contribution in [3.8, 4) is 11.3 Å². The van der Waals surface area contributed by atoms with Crippen molar-refractivity contribution in [2.45, 2.75) is 19.8 Å². The minimum atomic E-state index is -0.316. The summed E-state index contributed by atoms with van der Waals surface area (Å²) in [6.45, 7) is 4.10. The molecule has 5 heteroatoms. The summed E-state index contributed by atoms with van der Waals surface area (Å²) < 4.78 is 15.8. The van der Waals surface area contributed by atoms with Crippen molar-refractivity contribution >= 4 is 21.7 Å². The van der Waals surface area contributed by atoms with Crippen LogP contribution in [0.2, 0.25) is 0 Å². The molecule has 2 aromatic rings. The standard InChI is InChI=1S/C13H15BrFN3/c1-7(2)13-17-11(12(16)18(13)3)8-4-5-9(14)10(15)6-8/h4-7H,16H2,1-3H3. The van der Waals surface area contributed by atoms with Gasteiger partial charge in [-0.15, -0.1) is 0 Å². The second-order valence-corrected chi connectivity index (χ2v) is 5.40. The van der Waals surface area contributed by atoms with Crippen molar-refractivity contribution in [2.24, 2.45) is 7.05 Å². The van der Waals surface area contributed by atoms with Gasteiger partial charge >= 0.3 is 0 Å². The van der Waals surface area contributed by atoms with E-state index in [0.717, 1.165) is 5.82 Å². The van der Waals surface area contributed by atoms with E-state index in [4.69, 9.17) is 5.73 Å². The number of hydrogen-bond acceptors (Lipinski definition) is 2. The quantitative estimate of drug-likeness (QED) is 0.919. The van der Waals surface area contributed by atoms with E-state index in [-0.39, 0.29) is 11.7 Å². The molecule has 3 nitrogen and oxygen atoms in total. The number of aromatic nitrogens is 2. The first-order valence-electron chi connectivity index (χ1n) is 5.69. The zero-order chi connectivity index (χ0) is 13.4. The predicted octanol–water partition coefficient (Wildman–Crippen LogP) is 3.69. The number of nitrogens with zero attached hydrogens (tertiary/aromatic N) is 2. The normalized spacial score (nSPS) is 11.2. The topological polar surface area (TPSA) is 43.8 Å². The Morgan fingerprint density at radius 3 is 2.56 bits per heavy atom. The Bertz CT molecular complexity index is 590. The average Bonchev–Trinajstić information content (AvgIpc) is 2.60.